The first-order valence-electron chi connectivity index (χ1n) is 11.2. The molecular weight excluding hydrogens is 479 g/mol. The van der Waals surface area contributed by atoms with E-state index in [1.54, 1.807) is 6.07 Å². The summed E-state index contributed by atoms with van der Waals surface area (Å²) in [5.74, 6) is -5.01. The molecule has 0 saturated carbocycles. The molecule has 2 aliphatic heterocycles. The quantitative estimate of drug-likeness (QED) is 0.508. The second-order valence-corrected chi connectivity index (χ2v) is 8.56. The molecule has 0 radical (unpaired) electrons. The van der Waals surface area contributed by atoms with Crippen LogP contribution in [-0.4, -0.2) is 46.4 Å². The summed E-state index contributed by atoms with van der Waals surface area (Å²) in [7, 11) is 1.04. The zero-order valence-electron chi connectivity index (χ0n) is 19.0. The highest BCUT2D eigenvalue weighted by Crippen LogP contribution is 2.46. The summed E-state index contributed by atoms with van der Waals surface area (Å²) < 4.78 is 54.7. The number of ether oxygens (including phenoxy) is 2. The van der Waals surface area contributed by atoms with Gasteiger partial charge in [-0.1, -0.05) is 24.3 Å². The lowest BCUT2D eigenvalue weighted by Crippen LogP contribution is -2.51. The molecule has 0 N–H and O–H groups in total. The predicted octanol–water partition coefficient (Wildman–Crippen LogP) is 3.80. The number of rotatable bonds is 4. The maximum Gasteiger partial charge on any atom is 0.513 e. The van der Waals surface area contributed by atoms with Gasteiger partial charge < -0.3 is 14.4 Å². The Morgan fingerprint density at radius 1 is 1.14 bits per heavy atom. The van der Waals surface area contributed by atoms with Crippen molar-refractivity contribution in [2.75, 3.05) is 13.7 Å². The molecule has 0 aliphatic carbocycles. The Morgan fingerprint density at radius 3 is 2.67 bits per heavy atom. The molecule has 3 aromatic rings. The van der Waals surface area contributed by atoms with Crippen LogP contribution < -0.4 is 10.2 Å². The maximum atomic E-state index is 15.2. The van der Waals surface area contributed by atoms with Gasteiger partial charge in [0.15, 0.2) is 17.3 Å². The standard InChI is InChI=1S/C25H20F3N3O5/c1-35-25(34)36-23-18(32)12-29-31-21(17-9-4-10-30(17)24(33)22(23)31)19(13-5-2-6-14(26)11-13)15-7-3-8-16(27)20(15)28/h2-3,5-8,11-12,17,19,21H,4,9-10H2,1H3/t17-,19-,21-/m1/s1. The minimum absolute atomic E-state index is 0.0753. The smallest absolute Gasteiger partial charge is 0.437 e. The summed E-state index contributed by atoms with van der Waals surface area (Å²) in [5.41, 5.74) is -0.925. The average Bonchev–Trinajstić information content (AvgIpc) is 3.35. The summed E-state index contributed by atoms with van der Waals surface area (Å²) in [5, 5.41) is 4.17. The van der Waals surface area contributed by atoms with Crippen LogP contribution in [0.15, 0.2) is 53.5 Å². The van der Waals surface area contributed by atoms with Gasteiger partial charge in [0.25, 0.3) is 5.91 Å². The van der Waals surface area contributed by atoms with Gasteiger partial charge in [-0.15, -0.1) is 0 Å². The number of amides is 1. The van der Waals surface area contributed by atoms with E-state index >= 15 is 4.39 Å². The van der Waals surface area contributed by atoms with Crippen LogP contribution in [0.25, 0.3) is 0 Å². The third kappa shape index (κ3) is 3.80. The van der Waals surface area contributed by atoms with Crippen LogP contribution in [0.4, 0.5) is 18.0 Å². The van der Waals surface area contributed by atoms with E-state index in [0.29, 0.717) is 24.9 Å². The first-order chi connectivity index (χ1) is 17.3. The largest absolute Gasteiger partial charge is 0.513 e. The molecule has 3 atom stereocenters. The summed E-state index contributed by atoms with van der Waals surface area (Å²) in [6, 6.07) is 7.71. The summed E-state index contributed by atoms with van der Waals surface area (Å²) in [6.45, 7) is 0.322. The van der Waals surface area contributed by atoms with Crippen LogP contribution in [0.3, 0.4) is 0 Å². The van der Waals surface area contributed by atoms with E-state index in [-0.39, 0.29) is 11.3 Å². The van der Waals surface area contributed by atoms with Crippen molar-refractivity contribution in [2.24, 2.45) is 0 Å². The highest BCUT2D eigenvalue weighted by Gasteiger charge is 2.49. The van der Waals surface area contributed by atoms with Gasteiger partial charge in [0, 0.05) is 18.0 Å². The number of halogens is 3. The topological polar surface area (TPSA) is 90.7 Å². The normalized spacial score (nSPS) is 19.4. The fourth-order valence-electron chi connectivity index (χ4n) is 5.18. The van der Waals surface area contributed by atoms with Crippen molar-refractivity contribution in [1.82, 2.24) is 14.7 Å². The number of benzene rings is 2. The lowest BCUT2D eigenvalue weighted by molar-refractivity contribution is 0.0559. The van der Waals surface area contributed by atoms with E-state index in [9.17, 15) is 23.2 Å². The number of aromatic nitrogens is 2. The van der Waals surface area contributed by atoms with Gasteiger partial charge in [0.2, 0.25) is 11.2 Å². The van der Waals surface area contributed by atoms with Crippen molar-refractivity contribution in [2.45, 2.75) is 30.8 Å². The lowest BCUT2D eigenvalue weighted by atomic mass is 9.79. The predicted molar refractivity (Wildman–Crippen MR) is 119 cm³/mol. The Hall–Kier alpha value is -4.15. The molecule has 0 unspecified atom stereocenters. The molecule has 1 saturated heterocycles. The van der Waals surface area contributed by atoms with Crippen LogP contribution in [0.2, 0.25) is 0 Å². The molecule has 1 fully saturated rings. The Bertz CT molecular complexity index is 1430. The zero-order chi connectivity index (χ0) is 25.6. The first-order valence-corrected chi connectivity index (χ1v) is 11.2. The first kappa shape index (κ1) is 23.6. The fraction of sp³-hybridized carbons (Fsp3) is 0.280. The Morgan fingerprint density at radius 2 is 1.92 bits per heavy atom. The SMILES string of the molecule is COC(=O)Oc1c2n(ncc1=O)[C@@H]([C@H](c1cccc(F)c1)c1cccc(F)c1F)[C@H]1CCCN1C2=O. The number of nitrogens with zero attached hydrogens (tertiary/aromatic N) is 3. The molecule has 2 aromatic carbocycles. The average molecular weight is 499 g/mol. The summed E-state index contributed by atoms with van der Waals surface area (Å²) in [6.07, 6.45) is 0.754. The second-order valence-electron chi connectivity index (χ2n) is 8.56. The Balaban J connectivity index is 1.80. The molecule has 8 nitrogen and oxygen atoms in total. The minimum atomic E-state index is -1.22. The number of fused-ring (bicyclic) bond motifs is 2. The third-order valence-corrected chi connectivity index (χ3v) is 6.62. The molecule has 2 aliphatic rings. The van der Waals surface area contributed by atoms with Crippen molar-refractivity contribution in [3.05, 3.63) is 93.2 Å². The van der Waals surface area contributed by atoms with Gasteiger partial charge in [0.1, 0.15) is 5.82 Å². The molecule has 3 heterocycles. The number of carbonyl (C=O) groups is 2. The van der Waals surface area contributed by atoms with Crippen LogP contribution in [0, 0.1) is 17.5 Å². The van der Waals surface area contributed by atoms with Crippen LogP contribution >= 0.6 is 0 Å². The number of methoxy groups -OCH3 is 1. The van der Waals surface area contributed by atoms with Gasteiger partial charge in [-0.05, 0) is 36.6 Å². The van der Waals surface area contributed by atoms with Gasteiger partial charge in [-0.3, -0.25) is 9.59 Å². The molecule has 0 bridgehead atoms. The van der Waals surface area contributed by atoms with Gasteiger partial charge in [-0.25, -0.2) is 22.6 Å². The molecule has 186 valence electrons. The third-order valence-electron chi connectivity index (χ3n) is 6.62. The van der Waals surface area contributed by atoms with E-state index in [1.165, 1.54) is 39.9 Å². The number of hydrogen-bond acceptors (Lipinski definition) is 6. The number of carbonyl (C=O) groups excluding carboxylic acids is 2. The van der Waals surface area contributed by atoms with E-state index < -0.39 is 58.7 Å². The van der Waals surface area contributed by atoms with Crippen molar-refractivity contribution in [1.29, 1.82) is 0 Å². The van der Waals surface area contributed by atoms with E-state index in [4.69, 9.17) is 4.74 Å². The van der Waals surface area contributed by atoms with Crippen molar-refractivity contribution in [3.63, 3.8) is 0 Å². The van der Waals surface area contributed by atoms with Crippen LogP contribution in [0.1, 0.15) is 46.4 Å². The molecule has 11 heteroatoms. The molecule has 36 heavy (non-hydrogen) atoms. The van der Waals surface area contributed by atoms with E-state index in [0.717, 1.165) is 19.4 Å². The molecule has 1 aromatic heterocycles. The van der Waals surface area contributed by atoms with E-state index in [2.05, 4.69) is 9.84 Å². The van der Waals surface area contributed by atoms with Crippen LogP contribution in [-0.2, 0) is 4.74 Å². The zero-order valence-corrected chi connectivity index (χ0v) is 19.0. The fourth-order valence-corrected chi connectivity index (χ4v) is 5.18. The molecule has 1 amide bonds. The van der Waals surface area contributed by atoms with Crippen LogP contribution in [0.5, 0.6) is 5.75 Å². The monoisotopic (exact) mass is 499 g/mol. The summed E-state index contributed by atoms with van der Waals surface area (Å²) >= 11 is 0. The Labute approximate surface area is 202 Å². The molecule has 0 spiro atoms. The van der Waals surface area contributed by atoms with E-state index in [1.807, 2.05) is 0 Å². The van der Waals surface area contributed by atoms with Gasteiger partial charge in [0.05, 0.1) is 25.4 Å². The Kier molecular flexibility index (Phi) is 5.99. The van der Waals surface area contributed by atoms with Gasteiger partial charge in [-0.2, -0.15) is 5.10 Å². The minimum Gasteiger partial charge on any atom is -0.437 e. The highest BCUT2D eigenvalue weighted by atomic mass is 19.2. The van der Waals surface area contributed by atoms with Crippen molar-refractivity contribution in [3.8, 4) is 5.75 Å². The highest BCUT2D eigenvalue weighted by molar-refractivity contribution is 5.97. The molecule has 5 rings (SSSR count). The van der Waals surface area contributed by atoms with Crippen molar-refractivity contribution < 1.29 is 32.2 Å². The van der Waals surface area contributed by atoms with Crippen molar-refractivity contribution >= 4 is 12.1 Å². The maximum absolute atomic E-state index is 15.2. The second kappa shape index (κ2) is 9.14. The van der Waals surface area contributed by atoms with Gasteiger partial charge >= 0.3 is 6.16 Å². The number of hydrogen-bond donors (Lipinski definition) is 0. The summed E-state index contributed by atoms with van der Waals surface area (Å²) in [4.78, 5) is 39.4. The lowest BCUT2D eigenvalue weighted by Gasteiger charge is -2.42. The molecular formula is C25H20F3N3O5.